The van der Waals surface area contributed by atoms with Gasteiger partial charge in [-0.2, -0.15) is 4.98 Å². The van der Waals surface area contributed by atoms with Gasteiger partial charge < -0.3 is 14.9 Å². The first-order valence-electron chi connectivity index (χ1n) is 7.59. The minimum atomic E-state index is -0.962. The fourth-order valence-electron chi connectivity index (χ4n) is 2.76. The maximum absolute atomic E-state index is 11.0. The molecule has 22 heavy (non-hydrogen) atoms. The summed E-state index contributed by atoms with van der Waals surface area (Å²) in [6, 6.07) is 6.57. The Morgan fingerprint density at radius 1 is 1.36 bits per heavy atom. The van der Waals surface area contributed by atoms with E-state index >= 15 is 0 Å². The summed E-state index contributed by atoms with van der Waals surface area (Å²) in [5, 5.41) is 16.3. The van der Waals surface area contributed by atoms with Gasteiger partial charge in [0, 0.05) is 12.0 Å². The molecule has 0 amide bonds. The molecule has 1 aliphatic heterocycles. The van der Waals surface area contributed by atoms with Crippen molar-refractivity contribution < 1.29 is 14.4 Å². The molecule has 2 N–H and O–H groups in total. The van der Waals surface area contributed by atoms with Gasteiger partial charge in [-0.05, 0) is 50.4 Å². The second kappa shape index (κ2) is 6.70. The van der Waals surface area contributed by atoms with Gasteiger partial charge >= 0.3 is 5.97 Å². The highest BCUT2D eigenvalue weighted by Gasteiger charge is 2.16. The Kier molecular flexibility index (Phi) is 4.48. The van der Waals surface area contributed by atoms with Crippen molar-refractivity contribution in [1.29, 1.82) is 0 Å². The summed E-state index contributed by atoms with van der Waals surface area (Å²) in [6.45, 7) is 2.17. The Labute approximate surface area is 128 Å². The number of benzene rings is 1. The third kappa shape index (κ3) is 3.51. The molecule has 1 aromatic heterocycles. The summed E-state index contributed by atoms with van der Waals surface area (Å²) in [5.41, 5.74) is 0.885. The van der Waals surface area contributed by atoms with Gasteiger partial charge in [0.1, 0.15) is 0 Å². The average molecular weight is 301 g/mol. The molecule has 3 rings (SSSR count). The van der Waals surface area contributed by atoms with Gasteiger partial charge in [-0.25, -0.2) is 4.79 Å². The number of rotatable bonds is 5. The standard InChI is InChI=1S/C16H19N3O3/c20-16(21)13-3-1-2-12(10-13)15-18-14(22-19-15)5-4-11-6-8-17-9-7-11/h1-3,10-11,17H,4-9H2,(H,20,21). The van der Waals surface area contributed by atoms with Crippen molar-refractivity contribution in [3.63, 3.8) is 0 Å². The fourth-order valence-corrected chi connectivity index (χ4v) is 2.76. The molecule has 6 heteroatoms. The summed E-state index contributed by atoms with van der Waals surface area (Å²) < 4.78 is 5.29. The summed E-state index contributed by atoms with van der Waals surface area (Å²) in [6.07, 6.45) is 4.22. The number of carboxylic acid groups (broad SMARTS) is 1. The van der Waals surface area contributed by atoms with Crippen LogP contribution in [0.4, 0.5) is 0 Å². The molecule has 2 heterocycles. The van der Waals surface area contributed by atoms with Gasteiger partial charge in [0.25, 0.3) is 0 Å². The van der Waals surface area contributed by atoms with Gasteiger partial charge in [-0.1, -0.05) is 17.3 Å². The number of carboxylic acids is 1. The Morgan fingerprint density at radius 3 is 2.95 bits per heavy atom. The van der Waals surface area contributed by atoms with Crippen LogP contribution >= 0.6 is 0 Å². The van der Waals surface area contributed by atoms with Crippen LogP contribution in [0.2, 0.25) is 0 Å². The highest BCUT2D eigenvalue weighted by atomic mass is 16.5. The normalized spacial score (nSPS) is 15.8. The first-order chi connectivity index (χ1) is 10.7. The van der Waals surface area contributed by atoms with Gasteiger partial charge in [-0.15, -0.1) is 0 Å². The first-order valence-corrected chi connectivity index (χ1v) is 7.59. The zero-order valence-electron chi connectivity index (χ0n) is 12.3. The van der Waals surface area contributed by atoms with Gasteiger partial charge in [0.05, 0.1) is 5.56 Å². The Balaban J connectivity index is 1.65. The maximum Gasteiger partial charge on any atom is 0.335 e. The monoisotopic (exact) mass is 301 g/mol. The van der Waals surface area contributed by atoms with E-state index in [4.69, 9.17) is 9.63 Å². The third-order valence-electron chi connectivity index (χ3n) is 4.06. The molecule has 0 radical (unpaired) electrons. The van der Waals surface area contributed by atoms with Crippen molar-refractivity contribution in [2.75, 3.05) is 13.1 Å². The molecule has 0 bridgehead atoms. The molecule has 0 spiro atoms. The molecule has 1 fully saturated rings. The lowest BCUT2D eigenvalue weighted by Crippen LogP contribution is -2.27. The maximum atomic E-state index is 11.0. The van der Waals surface area contributed by atoms with E-state index < -0.39 is 5.97 Å². The van der Waals surface area contributed by atoms with E-state index in [1.54, 1.807) is 24.3 Å². The molecular weight excluding hydrogens is 282 g/mol. The van der Waals surface area contributed by atoms with Crippen molar-refractivity contribution in [2.45, 2.75) is 25.7 Å². The lowest BCUT2D eigenvalue weighted by Gasteiger charge is -2.21. The summed E-state index contributed by atoms with van der Waals surface area (Å²) in [5.74, 6) is 0.820. The van der Waals surface area contributed by atoms with E-state index in [2.05, 4.69) is 15.5 Å². The third-order valence-corrected chi connectivity index (χ3v) is 4.06. The second-order valence-electron chi connectivity index (χ2n) is 5.63. The Morgan fingerprint density at radius 2 is 2.18 bits per heavy atom. The van der Waals surface area contributed by atoms with E-state index in [-0.39, 0.29) is 5.56 Å². The summed E-state index contributed by atoms with van der Waals surface area (Å²) in [4.78, 5) is 15.4. The number of aromatic nitrogens is 2. The van der Waals surface area contributed by atoms with Gasteiger partial charge in [-0.3, -0.25) is 0 Å². The predicted octanol–water partition coefficient (Wildman–Crippen LogP) is 2.37. The van der Waals surface area contributed by atoms with Crippen molar-refractivity contribution >= 4 is 5.97 Å². The molecule has 1 aliphatic rings. The molecule has 2 aromatic rings. The molecule has 0 saturated carbocycles. The highest BCUT2D eigenvalue weighted by Crippen LogP contribution is 2.21. The van der Waals surface area contributed by atoms with Crippen molar-refractivity contribution in [3.8, 4) is 11.4 Å². The van der Waals surface area contributed by atoms with Crippen LogP contribution in [-0.2, 0) is 6.42 Å². The quantitative estimate of drug-likeness (QED) is 0.881. The van der Waals surface area contributed by atoms with E-state index in [0.717, 1.165) is 25.9 Å². The van der Waals surface area contributed by atoms with Crippen LogP contribution < -0.4 is 5.32 Å². The topological polar surface area (TPSA) is 88.2 Å². The fraction of sp³-hybridized carbons (Fsp3) is 0.438. The summed E-state index contributed by atoms with van der Waals surface area (Å²) >= 11 is 0. The number of hydrogen-bond acceptors (Lipinski definition) is 5. The smallest absolute Gasteiger partial charge is 0.335 e. The number of carbonyl (C=O) groups is 1. The molecule has 0 aliphatic carbocycles. The number of aryl methyl sites for hydroxylation is 1. The van der Waals surface area contributed by atoms with Crippen LogP contribution in [-0.4, -0.2) is 34.3 Å². The number of aromatic carboxylic acids is 1. The highest BCUT2D eigenvalue weighted by molar-refractivity contribution is 5.89. The van der Waals surface area contributed by atoms with Crippen LogP contribution in [0, 0.1) is 5.92 Å². The minimum Gasteiger partial charge on any atom is -0.478 e. The van der Waals surface area contributed by atoms with E-state index in [9.17, 15) is 4.79 Å². The van der Waals surface area contributed by atoms with Gasteiger partial charge in [0.2, 0.25) is 11.7 Å². The largest absolute Gasteiger partial charge is 0.478 e. The number of piperidine rings is 1. The van der Waals surface area contributed by atoms with Crippen molar-refractivity contribution in [2.24, 2.45) is 5.92 Å². The molecular formula is C16H19N3O3. The van der Waals surface area contributed by atoms with Crippen LogP contribution in [0.5, 0.6) is 0 Å². The minimum absolute atomic E-state index is 0.221. The second-order valence-corrected chi connectivity index (χ2v) is 5.63. The molecule has 1 aromatic carbocycles. The lowest BCUT2D eigenvalue weighted by atomic mass is 9.93. The average Bonchev–Trinajstić information content (AvgIpc) is 3.03. The number of nitrogens with one attached hydrogen (secondary N) is 1. The predicted molar refractivity (Wildman–Crippen MR) is 80.6 cm³/mol. The lowest BCUT2D eigenvalue weighted by molar-refractivity contribution is 0.0697. The molecule has 0 atom stereocenters. The zero-order chi connectivity index (χ0) is 15.4. The van der Waals surface area contributed by atoms with Crippen molar-refractivity contribution in [1.82, 2.24) is 15.5 Å². The van der Waals surface area contributed by atoms with Crippen LogP contribution in [0.1, 0.15) is 35.5 Å². The van der Waals surface area contributed by atoms with Crippen LogP contribution in [0.25, 0.3) is 11.4 Å². The first kappa shape index (κ1) is 14.7. The molecule has 1 saturated heterocycles. The van der Waals surface area contributed by atoms with E-state index in [0.29, 0.717) is 23.2 Å². The molecule has 0 unspecified atom stereocenters. The number of nitrogens with zero attached hydrogens (tertiary/aromatic N) is 2. The SMILES string of the molecule is O=C(O)c1cccc(-c2noc(CCC3CCNCC3)n2)c1. The van der Waals surface area contributed by atoms with Crippen LogP contribution in [0.3, 0.4) is 0 Å². The van der Waals surface area contributed by atoms with E-state index in [1.165, 1.54) is 12.8 Å². The number of hydrogen-bond donors (Lipinski definition) is 2. The van der Waals surface area contributed by atoms with Crippen LogP contribution in [0.15, 0.2) is 28.8 Å². The van der Waals surface area contributed by atoms with E-state index in [1.807, 2.05) is 0 Å². The Hall–Kier alpha value is -2.21. The summed E-state index contributed by atoms with van der Waals surface area (Å²) in [7, 11) is 0. The Bertz CT molecular complexity index is 648. The zero-order valence-corrected chi connectivity index (χ0v) is 12.3. The van der Waals surface area contributed by atoms with Gasteiger partial charge in [0.15, 0.2) is 0 Å². The molecule has 6 nitrogen and oxygen atoms in total. The molecule has 116 valence electrons. The van der Waals surface area contributed by atoms with Crippen molar-refractivity contribution in [3.05, 3.63) is 35.7 Å².